The number of fused-ring (bicyclic) bond motifs is 1. The molecule has 30 heavy (non-hydrogen) atoms. The van der Waals surface area contributed by atoms with Gasteiger partial charge in [-0.25, -0.2) is 4.79 Å². The van der Waals surface area contributed by atoms with E-state index in [9.17, 15) is 9.59 Å². The Kier molecular flexibility index (Phi) is 5.89. The van der Waals surface area contributed by atoms with E-state index in [1.54, 1.807) is 11.6 Å². The summed E-state index contributed by atoms with van der Waals surface area (Å²) in [6, 6.07) is 17.0. The lowest BCUT2D eigenvalue weighted by molar-refractivity contribution is 0.275. The minimum absolute atomic E-state index is 0.202. The molecule has 0 saturated carbocycles. The zero-order chi connectivity index (χ0) is 21.1. The van der Waals surface area contributed by atoms with Gasteiger partial charge in [0.2, 0.25) is 0 Å². The van der Waals surface area contributed by atoms with Crippen LogP contribution in [0.15, 0.2) is 64.2 Å². The minimum Gasteiger partial charge on any atom is -0.300 e. The Morgan fingerprint density at radius 2 is 1.77 bits per heavy atom. The molecule has 2 aromatic carbocycles. The predicted molar refractivity (Wildman–Crippen MR) is 119 cm³/mol. The molecule has 0 bridgehead atoms. The molecule has 0 saturated heterocycles. The van der Waals surface area contributed by atoms with Gasteiger partial charge in [-0.2, -0.15) is 0 Å². The second-order valence-corrected chi connectivity index (χ2v) is 7.85. The van der Waals surface area contributed by atoms with Crippen molar-refractivity contribution in [1.29, 1.82) is 0 Å². The summed E-state index contributed by atoms with van der Waals surface area (Å²) in [4.78, 5) is 28.1. The maximum absolute atomic E-state index is 13.1. The Labute approximate surface area is 180 Å². The van der Waals surface area contributed by atoms with Gasteiger partial charge in [0, 0.05) is 42.8 Å². The van der Waals surface area contributed by atoms with Gasteiger partial charge in [0.1, 0.15) is 0 Å². The monoisotopic (exact) mass is 419 g/mol. The molecule has 6 heteroatoms. The summed E-state index contributed by atoms with van der Waals surface area (Å²) in [5, 5.41) is 0.686. The first-order valence-corrected chi connectivity index (χ1v) is 10.2. The Balaban J connectivity index is 1.57. The number of nitrogens with zero attached hydrogens (tertiary/aromatic N) is 3. The number of rotatable bonds is 3. The van der Waals surface area contributed by atoms with E-state index in [-0.39, 0.29) is 17.8 Å². The van der Waals surface area contributed by atoms with Crippen molar-refractivity contribution in [1.82, 2.24) is 14.0 Å². The first-order chi connectivity index (χ1) is 14.5. The normalized spacial score (nSPS) is 13.4. The van der Waals surface area contributed by atoms with E-state index in [2.05, 4.69) is 16.7 Å². The lowest BCUT2D eigenvalue weighted by Gasteiger charge is -2.28. The Hall–Kier alpha value is -3.07. The van der Waals surface area contributed by atoms with Crippen molar-refractivity contribution in [2.24, 2.45) is 7.05 Å². The Morgan fingerprint density at radius 3 is 2.50 bits per heavy atom. The summed E-state index contributed by atoms with van der Waals surface area (Å²) in [7, 11) is 1.75. The highest BCUT2D eigenvalue weighted by Crippen LogP contribution is 2.14. The molecule has 0 radical (unpaired) electrons. The third kappa shape index (κ3) is 4.25. The molecule has 152 valence electrons. The summed E-state index contributed by atoms with van der Waals surface area (Å²) in [5.74, 6) is 6.31. The van der Waals surface area contributed by atoms with Crippen molar-refractivity contribution in [2.75, 3.05) is 13.1 Å². The topological polar surface area (TPSA) is 47.2 Å². The van der Waals surface area contributed by atoms with Crippen LogP contribution in [0, 0.1) is 11.8 Å². The van der Waals surface area contributed by atoms with Gasteiger partial charge in [-0.05, 0) is 29.8 Å². The molecule has 3 aromatic rings. The third-order valence-corrected chi connectivity index (χ3v) is 5.64. The lowest BCUT2D eigenvalue weighted by Crippen LogP contribution is -2.47. The molecule has 0 aliphatic carbocycles. The van der Waals surface area contributed by atoms with Crippen molar-refractivity contribution >= 4 is 11.6 Å². The molecule has 0 N–H and O–H groups in total. The number of aromatic nitrogens is 2. The van der Waals surface area contributed by atoms with Gasteiger partial charge in [-0.15, -0.1) is 0 Å². The van der Waals surface area contributed by atoms with E-state index in [0.29, 0.717) is 30.1 Å². The molecule has 0 amide bonds. The maximum Gasteiger partial charge on any atom is 0.331 e. The van der Waals surface area contributed by atoms with Crippen molar-refractivity contribution < 1.29 is 0 Å². The Morgan fingerprint density at radius 1 is 1.03 bits per heavy atom. The summed E-state index contributed by atoms with van der Waals surface area (Å²) >= 11 is 5.91. The zero-order valence-corrected chi connectivity index (χ0v) is 17.5. The fraction of sp³-hybridized carbons (Fsp3) is 0.250. The minimum atomic E-state index is -0.265. The average molecular weight is 420 g/mol. The van der Waals surface area contributed by atoms with Gasteiger partial charge in [0.15, 0.2) is 0 Å². The molecule has 4 rings (SSSR count). The molecule has 0 unspecified atom stereocenters. The molecule has 2 heterocycles. The zero-order valence-electron chi connectivity index (χ0n) is 16.8. The molecule has 0 fully saturated rings. The van der Waals surface area contributed by atoms with Crippen LogP contribution in [0.25, 0.3) is 0 Å². The molecule has 0 spiro atoms. The van der Waals surface area contributed by atoms with Crippen LogP contribution in [-0.4, -0.2) is 27.1 Å². The SMILES string of the molecule is Cn1c2c(c(=O)n(Cc3ccccc3)c1=O)CN(CC#Cc1ccc(Cl)cc1)CC2. The highest BCUT2D eigenvalue weighted by atomic mass is 35.5. The van der Waals surface area contributed by atoms with E-state index >= 15 is 0 Å². The van der Waals surface area contributed by atoms with Gasteiger partial charge in [-0.3, -0.25) is 14.3 Å². The van der Waals surface area contributed by atoms with Crippen LogP contribution < -0.4 is 11.2 Å². The van der Waals surface area contributed by atoms with Crippen molar-refractivity contribution in [3.05, 3.63) is 103 Å². The van der Waals surface area contributed by atoms with Crippen molar-refractivity contribution in [3.8, 4) is 11.8 Å². The van der Waals surface area contributed by atoms with Gasteiger partial charge >= 0.3 is 5.69 Å². The van der Waals surface area contributed by atoms with Gasteiger partial charge in [0.25, 0.3) is 5.56 Å². The van der Waals surface area contributed by atoms with E-state index in [1.807, 2.05) is 54.6 Å². The summed E-state index contributed by atoms with van der Waals surface area (Å²) in [6.07, 6.45) is 0.658. The molecule has 5 nitrogen and oxygen atoms in total. The van der Waals surface area contributed by atoms with Crippen molar-refractivity contribution in [2.45, 2.75) is 19.5 Å². The molecule has 1 aromatic heterocycles. The van der Waals surface area contributed by atoms with Crippen molar-refractivity contribution in [3.63, 3.8) is 0 Å². The van der Waals surface area contributed by atoms with E-state index < -0.39 is 0 Å². The molecule has 1 aliphatic rings. The van der Waals surface area contributed by atoms with Crippen LogP contribution in [-0.2, 0) is 26.6 Å². The summed E-state index contributed by atoms with van der Waals surface area (Å²) in [5.41, 5.74) is 2.89. The quantitative estimate of drug-likeness (QED) is 0.613. The standard InChI is InChI=1S/C24H22ClN3O2/c1-26-22-13-15-27(14-5-8-18-9-11-20(25)12-10-18)17-21(22)23(29)28(24(26)30)16-19-6-3-2-4-7-19/h2-4,6-7,9-12H,13-17H2,1H3. The molecular weight excluding hydrogens is 398 g/mol. The largest absolute Gasteiger partial charge is 0.331 e. The maximum atomic E-state index is 13.1. The van der Waals surface area contributed by atoms with Gasteiger partial charge in [0.05, 0.1) is 18.7 Å². The smallest absolute Gasteiger partial charge is 0.300 e. The first kappa shape index (κ1) is 20.2. The Bertz CT molecular complexity index is 1230. The number of hydrogen-bond donors (Lipinski definition) is 0. The van der Waals surface area contributed by atoms with Crippen LogP contribution in [0.2, 0.25) is 5.02 Å². The van der Waals surface area contributed by atoms with Crippen LogP contribution in [0.3, 0.4) is 0 Å². The third-order valence-electron chi connectivity index (χ3n) is 5.38. The van der Waals surface area contributed by atoms with E-state index in [4.69, 9.17) is 11.6 Å². The van der Waals surface area contributed by atoms with Gasteiger partial charge in [-0.1, -0.05) is 53.8 Å². The second-order valence-electron chi connectivity index (χ2n) is 7.41. The van der Waals surface area contributed by atoms with Crippen LogP contribution in [0.5, 0.6) is 0 Å². The summed E-state index contributed by atoms with van der Waals surface area (Å²) < 4.78 is 2.95. The summed E-state index contributed by atoms with van der Waals surface area (Å²) in [6.45, 7) is 2.09. The fourth-order valence-electron chi connectivity index (χ4n) is 3.74. The highest BCUT2D eigenvalue weighted by Gasteiger charge is 2.23. The number of hydrogen-bond acceptors (Lipinski definition) is 3. The fourth-order valence-corrected chi connectivity index (χ4v) is 3.87. The first-order valence-electron chi connectivity index (χ1n) is 9.85. The van der Waals surface area contributed by atoms with Gasteiger partial charge < -0.3 is 4.57 Å². The molecule has 1 aliphatic heterocycles. The number of benzene rings is 2. The van der Waals surface area contributed by atoms with E-state index in [1.165, 1.54) is 4.57 Å². The predicted octanol–water partition coefficient (Wildman–Crippen LogP) is 2.66. The second kappa shape index (κ2) is 8.74. The van der Waals surface area contributed by atoms with Crippen LogP contribution in [0.1, 0.15) is 22.4 Å². The van der Waals surface area contributed by atoms with Crippen LogP contribution in [0.4, 0.5) is 0 Å². The average Bonchev–Trinajstić information content (AvgIpc) is 2.77. The lowest BCUT2D eigenvalue weighted by atomic mass is 10.1. The molecular formula is C24H22ClN3O2. The van der Waals surface area contributed by atoms with E-state index in [0.717, 1.165) is 23.4 Å². The highest BCUT2D eigenvalue weighted by molar-refractivity contribution is 6.30. The molecule has 0 atom stereocenters. The van der Waals surface area contributed by atoms with Crippen LogP contribution >= 0.6 is 11.6 Å². The number of halogens is 1.